The first-order valence-corrected chi connectivity index (χ1v) is 18.0. The molecule has 2 aromatic heterocycles. The maximum absolute atomic E-state index is 13.4. The molecule has 1 aliphatic rings. The fourth-order valence-electron chi connectivity index (χ4n) is 5.25. The molecule has 2 unspecified atom stereocenters. The Labute approximate surface area is 288 Å². The van der Waals surface area contributed by atoms with Gasteiger partial charge in [-0.1, -0.05) is 55.8 Å². The van der Waals surface area contributed by atoms with Crippen LogP contribution in [0.2, 0.25) is 0 Å². The molecule has 0 aliphatic carbocycles. The fraction of sp³-hybridized carbons (Fsp3) is 0.500. The van der Waals surface area contributed by atoms with Crippen LogP contribution in [0.1, 0.15) is 40.3 Å². The molecule has 5 rings (SSSR count). The molecule has 2 aromatic carbocycles. The van der Waals surface area contributed by atoms with Gasteiger partial charge < -0.3 is 39.8 Å². The highest BCUT2D eigenvalue weighted by Crippen LogP contribution is 2.43. The highest BCUT2D eigenvalue weighted by molar-refractivity contribution is 7.98. The van der Waals surface area contributed by atoms with E-state index in [1.54, 1.807) is 24.3 Å². The first kappa shape index (κ1) is 36.5. The van der Waals surface area contributed by atoms with Crippen molar-refractivity contribution in [1.29, 1.82) is 0 Å². The molecule has 1 fully saturated rings. The van der Waals surface area contributed by atoms with E-state index in [4.69, 9.17) is 29.2 Å². The fourth-order valence-corrected chi connectivity index (χ4v) is 6.54. The van der Waals surface area contributed by atoms with Gasteiger partial charge in [-0.05, 0) is 42.2 Å². The number of rotatable bonds is 13. The lowest BCUT2D eigenvalue weighted by atomic mass is 9.96. The van der Waals surface area contributed by atoms with Crippen LogP contribution < -0.4 is 24.6 Å². The van der Waals surface area contributed by atoms with E-state index in [1.165, 1.54) is 36.7 Å². The van der Waals surface area contributed by atoms with Gasteiger partial charge >= 0.3 is 14.1 Å². The third kappa shape index (κ3) is 8.17. The van der Waals surface area contributed by atoms with Gasteiger partial charge in [0, 0.05) is 5.39 Å². The number of carbonyl (C=O) groups excluding carboxylic acids is 1. The number of thioether (sulfide) groups is 1. The number of nitrogens with zero attached hydrogens (tertiary/aromatic N) is 5. The monoisotopic (exact) mass is 716 g/mol. The summed E-state index contributed by atoms with van der Waals surface area (Å²) < 4.78 is 34.6. The Hall–Kier alpha value is -3.79. The minimum absolute atomic E-state index is 0.0737. The van der Waals surface area contributed by atoms with Gasteiger partial charge in [0.25, 0.3) is 0 Å². The van der Waals surface area contributed by atoms with Gasteiger partial charge in [-0.25, -0.2) is 9.78 Å². The molecule has 1 saturated heterocycles. The van der Waals surface area contributed by atoms with Crippen molar-refractivity contribution in [2.45, 2.75) is 64.2 Å². The van der Waals surface area contributed by atoms with E-state index >= 15 is 0 Å². The van der Waals surface area contributed by atoms with Crippen molar-refractivity contribution < 1.29 is 43.4 Å². The zero-order chi connectivity index (χ0) is 35.5. The van der Waals surface area contributed by atoms with Crippen LogP contribution >= 0.6 is 19.9 Å². The van der Waals surface area contributed by atoms with E-state index in [0.717, 1.165) is 5.39 Å². The summed E-state index contributed by atoms with van der Waals surface area (Å²) in [7, 11) is -1.34. The molecule has 3 heterocycles. The summed E-state index contributed by atoms with van der Waals surface area (Å²) in [5.74, 6) is 0.413. The SMILES string of the molecule is COc1nc(N)nc2c1ncn2C1O[C@H](COc2ccc3ccccc3c2O[P+]([O-])=N[C@@H](CCSC)C(=O)OCC(C)(C)C)[C@@H](O)[C@@]1(C)O. The Morgan fingerprint density at radius 3 is 2.73 bits per heavy atom. The topological polar surface area (TPSA) is 209 Å². The van der Waals surface area contributed by atoms with E-state index < -0.39 is 44.2 Å². The van der Waals surface area contributed by atoms with Crippen LogP contribution in [-0.4, -0.2) is 91.9 Å². The van der Waals surface area contributed by atoms with Gasteiger partial charge in [-0.15, -0.1) is 0 Å². The van der Waals surface area contributed by atoms with Crippen LogP contribution in [-0.2, 0) is 14.3 Å². The lowest BCUT2D eigenvalue weighted by molar-refractivity contribution is -0.170. The van der Waals surface area contributed by atoms with Crippen molar-refractivity contribution in [3.63, 3.8) is 0 Å². The van der Waals surface area contributed by atoms with E-state index in [-0.39, 0.29) is 47.6 Å². The van der Waals surface area contributed by atoms with Crippen LogP contribution in [0, 0.1) is 5.41 Å². The Balaban J connectivity index is 1.39. The second-order valence-electron chi connectivity index (χ2n) is 12.9. The van der Waals surface area contributed by atoms with Crippen LogP contribution in [0.5, 0.6) is 17.4 Å². The smallest absolute Gasteiger partial charge is 0.395 e. The first-order valence-electron chi connectivity index (χ1n) is 15.5. The maximum atomic E-state index is 13.4. The van der Waals surface area contributed by atoms with Crippen molar-refractivity contribution in [2.24, 2.45) is 10.2 Å². The number of hydrogen-bond acceptors (Lipinski definition) is 15. The Bertz CT molecular complexity index is 1830. The number of aliphatic hydroxyl groups excluding tert-OH is 1. The summed E-state index contributed by atoms with van der Waals surface area (Å²) in [4.78, 5) is 38.9. The zero-order valence-corrected chi connectivity index (χ0v) is 29.8. The number of hydrogen-bond donors (Lipinski definition) is 3. The predicted molar refractivity (Wildman–Crippen MR) is 183 cm³/mol. The maximum Gasteiger partial charge on any atom is 0.395 e. The summed E-state index contributed by atoms with van der Waals surface area (Å²) in [5, 5.41) is 24.0. The van der Waals surface area contributed by atoms with Crippen LogP contribution in [0.25, 0.3) is 21.9 Å². The summed E-state index contributed by atoms with van der Waals surface area (Å²) >= 11 is 1.53. The van der Waals surface area contributed by atoms with Crippen LogP contribution in [0.3, 0.4) is 0 Å². The quantitative estimate of drug-likeness (QED) is 0.133. The average molecular weight is 717 g/mol. The van der Waals surface area contributed by atoms with Crippen molar-refractivity contribution >= 4 is 53.8 Å². The molecular formula is C32H41N6O9PS. The average Bonchev–Trinajstić information content (AvgIpc) is 3.57. The number of fused-ring (bicyclic) bond motifs is 2. The molecule has 1 aliphatic heterocycles. The van der Waals surface area contributed by atoms with Crippen LogP contribution in [0.15, 0.2) is 47.5 Å². The van der Waals surface area contributed by atoms with Crippen molar-refractivity contribution in [3.8, 4) is 17.4 Å². The van der Waals surface area contributed by atoms with E-state index in [2.05, 4.69) is 19.7 Å². The van der Waals surface area contributed by atoms with Gasteiger partial charge in [0.15, 0.2) is 29.2 Å². The minimum Gasteiger partial charge on any atom is -0.575 e. The molecule has 0 bridgehead atoms. The molecule has 6 atom stereocenters. The lowest BCUT2D eigenvalue weighted by Gasteiger charge is -2.27. The number of nitrogens with two attached hydrogens (primary N) is 1. The number of anilines is 1. The number of methoxy groups -OCH3 is 1. The normalized spacial score (nSPS) is 22.0. The second-order valence-corrected chi connectivity index (χ2v) is 14.8. The minimum atomic E-state index is -2.75. The van der Waals surface area contributed by atoms with Gasteiger partial charge in [-0.2, -0.15) is 21.7 Å². The molecule has 0 saturated carbocycles. The molecule has 15 nitrogen and oxygen atoms in total. The number of ether oxygens (including phenoxy) is 4. The third-order valence-corrected chi connectivity index (χ3v) is 9.22. The number of esters is 1. The summed E-state index contributed by atoms with van der Waals surface area (Å²) in [6.07, 6.45) is 0.0186. The van der Waals surface area contributed by atoms with Crippen LogP contribution in [0.4, 0.5) is 5.95 Å². The number of carbonyl (C=O) groups is 1. The molecule has 49 heavy (non-hydrogen) atoms. The lowest BCUT2D eigenvalue weighted by Crippen LogP contribution is -2.44. The van der Waals surface area contributed by atoms with Crippen molar-refractivity contribution in [3.05, 3.63) is 42.7 Å². The number of imidazole rings is 1. The number of nitrogen functional groups attached to an aromatic ring is 1. The summed E-state index contributed by atoms with van der Waals surface area (Å²) in [5.41, 5.74) is 4.33. The van der Waals surface area contributed by atoms with Gasteiger partial charge in [0.1, 0.15) is 24.4 Å². The van der Waals surface area contributed by atoms with Gasteiger partial charge in [0.2, 0.25) is 17.6 Å². The number of aromatic nitrogens is 4. The standard InChI is InChI=1S/C32H41N6O9PS/c1-31(2,3)16-45-28(40)20(13-14-49-6)37-48(42)47-24-19-10-8-7-9-18(19)11-12-21(24)44-15-22-25(39)32(4,41)29(46-22)38-17-34-23-26(38)35-30(33)36-27(23)43-5/h7-12,17,20,22,25,29,39,41H,13-16H2,1-6H3,(H2,33,35,36)/t20-,22+,25+,29?,32+/m0/s1. The molecule has 4 N–H and O–H groups in total. The molecule has 0 spiro atoms. The second kappa shape index (κ2) is 15.0. The van der Waals surface area contributed by atoms with E-state index in [1.807, 2.05) is 39.2 Å². The molecule has 0 amide bonds. The summed E-state index contributed by atoms with van der Waals surface area (Å²) in [6, 6.07) is 9.72. The van der Waals surface area contributed by atoms with Gasteiger partial charge in [-0.3, -0.25) is 9.09 Å². The Kier molecular flexibility index (Phi) is 11.2. The van der Waals surface area contributed by atoms with E-state index in [0.29, 0.717) is 23.1 Å². The molecule has 17 heteroatoms. The van der Waals surface area contributed by atoms with E-state index in [9.17, 15) is 19.9 Å². The zero-order valence-electron chi connectivity index (χ0n) is 28.1. The van der Waals surface area contributed by atoms with Crippen molar-refractivity contribution in [1.82, 2.24) is 19.5 Å². The molecule has 0 radical (unpaired) electrons. The summed E-state index contributed by atoms with van der Waals surface area (Å²) in [6.45, 7) is 7.20. The largest absolute Gasteiger partial charge is 0.575 e. The first-order chi connectivity index (χ1) is 23.2. The molecular weight excluding hydrogens is 675 g/mol. The molecule has 264 valence electrons. The van der Waals surface area contributed by atoms with Gasteiger partial charge in [0.05, 0.1) is 20.0 Å². The number of benzene rings is 2. The number of aliphatic hydroxyl groups is 2. The highest BCUT2D eigenvalue weighted by atomic mass is 32.2. The van der Waals surface area contributed by atoms with Crippen molar-refractivity contribution in [2.75, 3.05) is 38.1 Å². The molecule has 4 aromatic rings. The third-order valence-electron chi connectivity index (χ3n) is 7.77. The highest BCUT2D eigenvalue weighted by Gasteiger charge is 2.54. The predicted octanol–water partition coefficient (Wildman–Crippen LogP) is 3.60. The Morgan fingerprint density at radius 2 is 2.02 bits per heavy atom. The Morgan fingerprint density at radius 1 is 1.27 bits per heavy atom.